The largest absolute Gasteiger partial charge is 0.343 e. The lowest BCUT2D eigenvalue weighted by molar-refractivity contribution is -0.135. The minimum absolute atomic E-state index is 0.0247. The molecule has 1 aliphatic rings. The lowest BCUT2D eigenvalue weighted by atomic mass is 9.89. The molecule has 0 bridgehead atoms. The second-order valence-electron chi connectivity index (χ2n) is 5.10. The van der Waals surface area contributed by atoms with Crippen LogP contribution in [0.1, 0.15) is 38.2 Å². The standard InChI is InChI=1S/C15H20N2O2/c1-4-10(2)17(3)15(19)12-9-14(18)16-13-8-6-5-7-11(12)13/h5-8,10,12H,4,9H2,1-3H3,(H,16,18). The van der Waals surface area contributed by atoms with Crippen LogP contribution >= 0.6 is 0 Å². The zero-order valence-electron chi connectivity index (χ0n) is 11.6. The quantitative estimate of drug-likeness (QED) is 0.907. The zero-order chi connectivity index (χ0) is 14.0. The maximum Gasteiger partial charge on any atom is 0.230 e. The molecule has 102 valence electrons. The Morgan fingerprint density at radius 3 is 2.84 bits per heavy atom. The van der Waals surface area contributed by atoms with E-state index in [0.717, 1.165) is 17.7 Å². The zero-order valence-corrected chi connectivity index (χ0v) is 11.6. The molecule has 2 unspecified atom stereocenters. The molecule has 19 heavy (non-hydrogen) atoms. The Balaban J connectivity index is 2.30. The molecule has 0 saturated heterocycles. The van der Waals surface area contributed by atoms with Gasteiger partial charge in [0, 0.05) is 25.2 Å². The van der Waals surface area contributed by atoms with Gasteiger partial charge < -0.3 is 10.2 Å². The number of benzene rings is 1. The van der Waals surface area contributed by atoms with E-state index in [1.807, 2.05) is 38.2 Å². The maximum absolute atomic E-state index is 12.6. The van der Waals surface area contributed by atoms with E-state index in [9.17, 15) is 9.59 Å². The van der Waals surface area contributed by atoms with Crippen LogP contribution in [0.5, 0.6) is 0 Å². The number of amides is 2. The highest BCUT2D eigenvalue weighted by molar-refractivity contribution is 6.01. The van der Waals surface area contributed by atoms with E-state index in [2.05, 4.69) is 12.2 Å². The summed E-state index contributed by atoms with van der Waals surface area (Å²) in [5.41, 5.74) is 1.68. The lowest BCUT2D eigenvalue weighted by Gasteiger charge is -2.31. The fourth-order valence-corrected chi connectivity index (χ4v) is 2.37. The van der Waals surface area contributed by atoms with Gasteiger partial charge in [-0.1, -0.05) is 25.1 Å². The van der Waals surface area contributed by atoms with Crippen molar-refractivity contribution in [1.82, 2.24) is 4.90 Å². The number of anilines is 1. The first kappa shape index (κ1) is 13.6. The van der Waals surface area contributed by atoms with Crippen molar-refractivity contribution in [3.8, 4) is 0 Å². The third-order valence-electron chi connectivity index (χ3n) is 3.90. The molecule has 2 atom stereocenters. The van der Waals surface area contributed by atoms with Gasteiger partial charge >= 0.3 is 0 Å². The first-order valence-electron chi connectivity index (χ1n) is 6.70. The average molecular weight is 260 g/mol. The molecular formula is C15H20N2O2. The molecule has 0 fully saturated rings. The number of nitrogens with one attached hydrogen (secondary N) is 1. The Bertz CT molecular complexity index is 499. The molecule has 1 aromatic carbocycles. The van der Waals surface area contributed by atoms with Gasteiger partial charge in [0.2, 0.25) is 11.8 Å². The van der Waals surface area contributed by atoms with Crippen molar-refractivity contribution in [2.45, 2.75) is 38.6 Å². The van der Waals surface area contributed by atoms with Gasteiger partial charge in [-0.2, -0.15) is 0 Å². The van der Waals surface area contributed by atoms with E-state index in [0.29, 0.717) is 0 Å². The summed E-state index contributed by atoms with van der Waals surface area (Å²) < 4.78 is 0. The number of carbonyl (C=O) groups is 2. The molecule has 4 heteroatoms. The molecule has 0 radical (unpaired) electrons. The van der Waals surface area contributed by atoms with Crippen molar-refractivity contribution in [3.05, 3.63) is 29.8 Å². The van der Waals surface area contributed by atoms with Crippen LogP contribution in [0.3, 0.4) is 0 Å². The van der Waals surface area contributed by atoms with Crippen LogP contribution in [0.15, 0.2) is 24.3 Å². The number of rotatable bonds is 3. The number of nitrogens with zero attached hydrogens (tertiary/aromatic N) is 1. The van der Waals surface area contributed by atoms with Crippen molar-refractivity contribution in [2.75, 3.05) is 12.4 Å². The molecule has 0 spiro atoms. The Morgan fingerprint density at radius 2 is 2.16 bits per heavy atom. The van der Waals surface area contributed by atoms with Crippen LogP contribution in [0, 0.1) is 0 Å². The predicted octanol–water partition coefficient (Wildman–Crippen LogP) is 2.37. The summed E-state index contributed by atoms with van der Waals surface area (Å²) in [6.07, 6.45) is 1.14. The van der Waals surface area contributed by atoms with Crippen molar-refractivity contribution in [2.24, 2.45) is 0 Å². The number of para-hydroxylation sites is 1. The molecule has 2 amide bonds. The molecular weight excluding hydrogens is 240 g/mol. The van der Waals surface area contributed by atoms with Crippen molar-refractivity contribution < 1.29 is 9.59 Å². The van der Waals surface area contributed by atoms with E-state index in [-0.39, 0.29) is 30.2 Å². The van der Waals surface area contributed by atoms with Gasteiger partial charge in [-0.25, -0.2) is 0 Å². The van der Waals surface area contributed by atoms with E-state index >= 15 is 0 Å². The minimum atomic E-state index is -0.357. The summed E-state index contributed by atoms with van der Waals surface area (Å²) in [5.74, 6) is -0.421. The van der Waals surface area contributed by atoms with Gasteiger partial charge in [0.05, 0.1) is 5.92 Å². The van der Waals surface area contributed by atoms with Gasteiger partial charge in [-0.15, -0.1) is 0 Å². The minimum Gasteiger partial charge on any atom is -0.343 e. The number of hydrogen-bond acceptors (Lipinski definition) is 2. The van der Waals surface area contributed by atoms with Crippen molar-refractivity contribution >= 4 is 17.5 Å². The second-order valence-corrected chi connectivity index (χ2v) is 5.10. The van der Waals surface area contributed by atoms with E-state index in [4.69, 9.17) is 0 Å². The molecule has 0 aliphatic carbocycles. The summed E-state index contributed by atoms with van der Waals surface area (Å²) in [6, 6.07) is 7.71. The predicted molar refractivity (Wildman–Crippen MR) is 75.0 cm³/mol. The van der Waals surface area contributed by atoms with Crippen LogP contribution in [-0.4, -0.2) is 29.8 Å². The smallest absolute Gasteiger partial charge is 0.230 e. The molecule has 1 aromatic rings. The summed E-state index contributed by atoms with van der Waals surface area (Å²) in [6.45, 7) is 4.07. The fourth-order valence-electron chi connectivity index (χ4n) is 2.37. The molecule has 1 heterocycles. The van der Waals surface area contributed by atoms with Crippen LogP contribution in [0.25, 0.3) is 0 Å². The Hall–Kier alpha value is -1.84. The Morgan fingerprint density at radius 1 is 1.47 bits per heavy atom. The van der Waals surface area contributed by atoms with E-state index in [1.165, 1.54) is 0 Å². The highest BCUT2D eigenvalue weighted by Crippen LogP contribution is 2.33. The number of fused-ring (bicyclic) bond motifs is 1. The molecule has 4 nitrogen and oxygen atoms in total. The van der Waals surface area contributed by atoms with Crippen molar-refractivity contribution in [1.29, 1.82) is 0 Å². The van der Waals surface area contributed by atoms with Gasteiger partial charge in [-0.3, -0.25) is 9.59 Å². The Labute approximate surface area is 113 Å². The summed E-state index contributed by atoms with van der Waals surface area (Å²) in [4.78, 5) is 26.0. The fraction of sp³-hybridized carbons (Fsp3) is 0.467. The first-order chi connectivity index (χ1) is 9.04. The normalized spacial score (nSPS) is 19.3. The van der Waals surface area contributed by atoms with Crippen LogP contribution in [0.4, 0.5) is 5.69 Å². The summed E-state index contributed by atoms with van der Waals surface area (Å²) >= 11 is 0. The van der Waals surface area contributed by atoms with Gasteiger partial charge in [0.15, 0.2) is 0 Å². The van der Waals surface area contributed by atoms with Crippen molar-refractivity contribution in [3.63, 3.8) is 0 Å². The van der Waals surface area contributed by atoms with Gasteiger partial charge in [-0.05, 0) is 25.0 Å². The number of likely N-dealkylation sites (N-methyl/N-ethyl adjacent to an activating group) is 1. The highest BCUT2D eigenvalue weighted by Gasteiger charge is 2.33. The monoisotopic (exact) mass is 260 g/mol. The summed E-state index contributed by atoms with van der Waals surface area (Å²) in [5, 5.41) is 2.82. The lowest BCUT2D eigenvalue weighted by Crippen LogP contribution is -2.40. The highest BCUT2D eigenvalue weighted by atomic mass is 16.2. The third kappa shape index (κ3) is 2.62. The molecule has 0 saturated carbocycles. The number of hydrogen-bond donors (Lipinski definition) is 1. The second kappa shape index (κ2) is 5.43. The average Bonchev–Trinajstić information content (AvgIpc) is 2.43. The Kier molecular flexibility index (Phi) is 3.88. The summed E-state index contributed by atoms with van der Waals surface area (Å²) in [7, 11) is 1.81. The molecule has 2 rings (SSSR count). The third-order valence-corrected chi connectivity index (χ3v) is 3.90. The van der Waals surface area contributed by atoms with Gasteiger partial charge in [0.1, 0.15) is 0 Å². The maximum atomic E-state index is 12.6. The molecule has 1 N–H and O–H groups in total. The number of carbonyl (C=O) groups excluding carboxylic acids is 2. The van der Waals surface area contributed by atoms with Crippen LogP contribution in [-0.2, 0) is 9.59 Å². The van der Waals surface area contributed by atoms with Gasteiger partial charge in [0.25, 0.3) is 0 Å². The molecule has 1 aliphatic heterocycles. The van der Waals surface area contributed by atoms with Crippen LogP contribution < -0.4 is 5.32 Å². The molecule has 0 aromatic heterocycles. The first-order valence-corrected chi connectivity index (χ1v) is 6.70. The van der Waals surface area contributed by atoms with E-state index < -0.39 is 0 Å². The SMILES string of the molecule is CCC(C)N(C)C(=O)C1CC(=O)Nc2ccccc21. The topological polar surface area (TPSA) is 49.4 Å². The van der Waals surface area contributed by atoms with Crippen LogP contribution in [0.2, 0.25) is 0 Å². The van der Waals surface area contributed by atoms with E-state index in [1.54, 1.807) is 4.90 Å².